The lowest BCUT2D eigenvalue weighted by Gasteiger charge is -2.21. The van der Waals surface area contributed by atoms with E-state index in [0.717, 1.165) is 5.57 Å². The first-order valence-corrected chi connectivity index (χ1v) is 7.42. The van der Waals surface area contributed by atoms with Crippen molar-refractivity contribution in [3.05, 3.63) is 36.0 Å². The van der Waals surface area contributed by atoms with Gasteiger partial charge in [-0.1, -0.05) is 37.6 Å². The van der Waals surface area contributed by atoms with Gasteiger partial charge in [-0.15, -0.1) is 6.58 Å². The zero-order valence-electron chi connectivity index (χ0n) is 13.3. The molecule has 0 heterocycles. The largest absolute Gasteiger partial charge is 0.481 e. The number of hydrogen-bond acceptors (Lipinski definition) is 2. The molecule has 0 bridgehead atoms. The highest BCUT2D eigenvalue weighted by Gasteiger charge is 2.77. The molecule has 0 saturated heterocycles. The number of ketones is 1. The summed E-state index contributed by atoms with van der Waals surface area (Å²) in [6, 6.07) is 0. The fourth-order valence-corrected chi connectivity index (χ4v) is 4.14. The molecule has 3 nitrogen and oxygen atoms in total. The summed E-state index contributed by atoms with van der Waals surface area (Å²) < 4.78 is 0. The first kappa shape index (κ1) is 15.7. The predicted molar refractivity (Wildman–Crippen MR) is 82.8 cm³/mol. The summed E-state index contributed by atoms with van der Waals surface area (Å²) >= 11 is 0. The average Bonchev–Trinajstić information content (AvgIpc) is 2.62. The molecule has 1 saturated carbocycles. The molecule has 0 aliphatic heterocycles. The molecule has 2 aliphatic carbocycles. The van der Waals surface area contributed by atoms with Gasteiger partial charge in [0.05, 0.1) is 5.41 Å². The maximum absolute atomic E-state index is 12.1. The number of carboxylic acids is 1. The van der Waals surface area contributed by atoms with Crippen LogP contribution in [0, 0.1) is 22.7 Å². The van der Waals surface area contributed by atoms with Crippen molar-refractivity contribution in [1.82, 2.24) is 0 Å². The molecule has 0 amide bonds. The maximum atomic E-state index is 12.1. The summed E-state index contributed by atoms with van der Waals surface area (Å²) in [7, 11) is 0. The molecule has 3 heteroatoms. The quantitative estimate of drug-likeness (QED) is 0.783. The van der Waals surface area contributed by atoms with E-state index < -0.39 is 11.4 Å². The Hall–Kier alpha value is -1.64. The van der Waals surface area contributed by atoms with Crippen LogP contribution in [0.3, 0.4) is 0 Å². The first-order valence-electron chi connectivity index (χ1n) is 7.42. The fraction of sp³-hybridized carbons (Fsp3) is 0.556. The fourth-order valence-electron chi connectivity index (χ4n) is 4.14. The minimum Gasteiger partial charge on any atom is -0.481 e. The van der Waals surface area contributed by atoms with E-state index in [0.29, 0.717) is 18.4 Å². The predicted octanol–water partition coefficient (Wildman–Crippen LogP) is 3.77. The zero-order valence-corrected chi connectivity index (χ0v) is 13.3. The highest BCUT2D eigenvalue weighted by molar-refractivity contribution is 5.99. The van der Waals surface area contributed by atoms with Gasteiger partial charge in [0, 0.05) is 18.3 Å². The van der Waals surface area contributed by atoms with Crippen LogP contribution in [-0.2, 0) is 9.59 Å². The van der Waals surface area contributed by atoms with Crippen molar-refractivity contribution in [1.29, 1.82) is 0 Å². The third kappa shape index (κ3) is 2.10. The van der Waals surface area contributed by atoms with Crippen LogP contribution >= 0.6 is 0 Å². The van der Waals surface area contributed by atoms with Crippen LogP contribution in [0.1, 0.15) is 40.5 Å². The van der Waals surface area contributed by atoms with Crippen LogP contribution in [0.2, 0.25) is 0 Å². The molecule has 0 aromatic carbocycles. The molecule has 114 valence electrons. The smallest absolute Gasteiger partial charge is 0.311 e. The number of Topliss-reactive ketones (excluding diaryl/α,β-unsaturated/α-hetero) is 1. The van der Waals surface area contributed by atoms with Gasteiger partial charge >= 0.3 is 5.97 Å². The van der Waals surface area contributed by atoms with E-state index in [1.54, 1.807) is 6.08 Å². The molecular weight excluding hydrogens is 264 g/mol. The zero-order chi connectivity index (χ0) is 16.0. The van der Waals surface area contributed by atoms with E-state index in [2.05, 4.69) is 12.7 Å². The minimum atomic E-state index is -0.858. The van der Waals surface area contributed by atoms with Gasteiger partial charge < -0.3 is 5.11 Å². The van der Waals surface area contributed by atoms with Gasteiger partial charge in [0.25, 0.3) is 0 Å². The number of hydrogen-bond donors (Lipinski definition) is 1. The van der Waals surface area contributed by atoms with Crippen molar-refractivity contribution >= 4 is 11.8 Å². The van der Waals surface area contributed by atoms with Gasteiger partial charge in [0.1, 0.15) is 0 Å². The lowest BCUT2D eigenvalue weighted by atomic mass is 9.81. The summed E-state index contributed by atoms with van der Waals surface area (Å²) in [5.41, 5.74) is 0.648. The van der Waals surface area contributed by atoms with Crippen molar-refractivity contribution in [2.45, 2.75) is 40.5 Å². The van der Waals surface area contributed by atoms with Gasteiger partial charge in [0.2, 0.25) is 0 Å². The van der Waals surface area contributed by atoms with Crippen LogP contribution in [-0.4, -0.2) is 16.9 Å². The van der Waals surface area contributed by atoms with Gasteiger partial charge in [-0.25, -0.2) is 0 Å². The van der Waals surface area contributed by atoms with E-state index in [-0.39, 0.29) is 23.0 Å². The number of carbonyl (C=O) groups is 2. The number of aliphatic carboxylic acids is 1. The normalized spacial score (nSPS) is 33.3. The molecule has 0 aromatic rings. The minimum absolute atomic E-state index is 0.0235. The molecule has 3 atom stereocenters. The number of rotatable bonds is 5. The van der Waals surface area contributed by atoms with Gasteiger partial charge in [0.15, 0.2) is 5.78 Å². The highest BCUT2D eigenvalue weighted by atomic mass is 16.4. The van der Waals surface area contributed by atoms with E-state index in [4.69, 9.17) is 0 Å². The third-order valence-electron chi connectivity index (χ3n) is 5.22. The molecule has 0 spiro atoms. The Kier molecular flexibility index (Phi) is 3.73. The number of carbonyl (C=O) groups excluding carboxylic acids is 1. The van der Waals surface area contributed by atoms with Gasteiger partial charge in [-0.2, -0.15) is 0 Å². The second-order valence-corrected chi connectivity index (χ2v) is 7.04. The Morgan fingerprint density at radius 3 is 2.57 bits per heavy atom. The molecule has 1 N–H and O–H groups in total. The van der Waals surface area contributed by atoms with E-state index in [9.17, 15) is 14.7 Å². The van der Waals surface area contributed by atoms with Crippen molar-refractivity contribution < 1.29 is 14.7 Å². The summed E-state index contributed by atoms with van der Waals surface area (Å²) in [5, 5.41) is 9.90. The topological polar surface area (TPSA) is 54.4 Å². The second-order valence-electron chi connectivity index (χ2n) is 7.04. The van der Waals surface area contributed by atoms with Crippen LogP contribution in [0.4, 0.5) is 0 Å². The molecule has 1 fully saturated rings. The molecule has 2 rings (SSSR count). The summed E-state index contributed by atoms with van der Waals surface area (Å²) in [6.45, 7) is 11.6. The van der Waals surface area contributed by atoms with Crippen LogP contribution in [0.15, 0.2) is 36.0 Å². The molecule has 3 unspecified atom stereocenters. The highest BCUT2D eigenvalue weighted by Crippen LogP contribution is 2.74. The van der Waals surface area contributed by atoms with Gasteiger partial charge in [-0.3, -0.25) is 9.59 Å². The van der Waals surface area contributed by atoms with Crippen LogP contribution in [0.5, 0.6) is 0 Å². The first-order chi connectivity index (χ1) is 9.69. The SMILES string of the molecule is C=CCC1=CC(C2(C(=O)O)C(C=C(C)C)C2(C)C)CC1=O. The van der Waals surface area contributed by atoms with Gasteiger partial charge in [-0.05, 0) is 31.3 Å². The maximum Gasteiger partial charge on any atom is 0.311 e. The van der Waals surface area contributed by atoms with E-state index in [1.807, 2.05) is 33.8 Å². The molecule has 0 radical (unpaired) electrons. The van der Waals surface area contributed by atoms with Crippen molar-refractivity contribution in [2.24, 2.45) is 22.7 Å². The van der Waals surface area contributed by atoms with Crippen LogP contribution in [0.25, 0.3) is 0 Å². The Balaban J connectivity index is 2.43. The average molecular weight is 288 g/mol. The summed E-state index contributed by atoms with van der Waals surface area (Å²) in [5.74, 6) is -0.958. The van der Waals surface area contributed by atoms with Crippen LogP contribution < -0.4 is 0 Å². The van der Waals surface area contributed by atoms with Crippen molar-refractivity contribution in [3.8, 4) is 0 Å². The van der Waals surface area contributed by atoms with Crippen molar-refractivity contribution in [2.75, 3.05) is 0 Å². The standard InChI is InChI=1S/C18H24O3/c1-6-7-12-9-13(10-14(12)19)18(16(20)21)15(8-11(2)3)17(18,4)5/h6,8-9,13,15H,1,7,10H2,2-5H3,(H,20,21). The molecule has 2 aliphatic rings. The number of allylic oxidation sites excluding steroid dienone is 5. The lowest BCUT2D eigenvalue weighted by Crippen LogP contribution is -2.29. The lowest BCUT2D eigenvalue weighted by molar-refractivity contribution is -0.147. The third-order valence-corrected chi connectivity index (χ3v) is 5.22. The molecule has 21 heavy (non-hydrogen) atoms. The Bertz CT molecular complexity index is 561. The van der Waals surface area contributed by atoms with E-state index in [1.165, 1.54) is 0 Å². The second kappa shape index (κ2) is 4.97. The van der Waals surface area contributed by atoms with Crippen molar-refractivity contribution in [3.63, 3.8) is 0 Å². The monoisotopic (exact) mass is 288 g/mol. The Morgan fingerprint density at radius 1 is 1.48 bits per heavy atom. The summed E-state index contributed by atoms with van der Waals surface area (Å²) in [4.78, 5) is 24.1. The molecular formula is C18H24O3. The summed E-state index contributed by atoms with van der Waals surface area (Å²) in [6.07, 6.45) is 6.48. The molecule has 0 aromatic heterocycles. The Labute approximate surface area is 126 Å². The van der Waals surface area contributed by atoms with E-state index >= 15 is 0 Å². The Morgan fingerprint density at radius 2 is 2.10 bits per heavy atom. The number of carboxylic acid groups (broad SMARTS) is 1.